The first-order valence-electron chi connectivity index (χ1n) is 9.02. The molecule has 0 amide bonds. The lowest BCUT2D eigenvalue weighted by Crippen LogP contribution is -2.59. The summed E-state index contributed by atoms with van der Waals surface area (Å²) in [7, 11) is 0. The van der Waals surface area contributed by atoms with E-state index in [0.29, 0.717) is 17.2 Å². The summed E-state index contributed by atoms with van der Waals surface area (Å²) in [6, 6.07) is 5.12. The van der Waals surface area contributed by atoms with Gasteiger partial charge in [-0.1, -0.05) is 39.7 Å². The van der Waals surface area contributed by atoms with E-state index < -0.39 is 0 Å². The SMILES string of the molecule is CC(C)(C)c1cc2c(cc1O)[C@]13CCCC[C@@H]1[C@H](C2)NCC3. The van der Waals surface area contributed by atoms with Crippen LogP contribution in [0.15, 0.2) is 12.1 Å². The van der Waals surface area contributed by atoms with Gasteiger partial charge in [0.2, 0.25) is 0 Å². The number of hydrogen-bond donors (Lipinski definition) is 2. The molecule has 2 aliphatic carbocycles. The topological polar surface area (TPSA) is 32.3 Å². The van der Waals surface area contributed by atoms with Gasteiger partial charge in [-0.05, 0) is 66.3 Å². The molecule has 1 aromatic rings. The lowest BCUT2D eigenvalue weighted by atomic mass is 9.52. The fourth-order valence-electron chi connectivity index (χ4n) is 5.57. The second-order valence-corrected chi connectivity index (χ2v) is 8.80. The molecule has 2 bridgehead atoms. The summed E-state index contributed by atoms with van der Waals surface area (Å²) in [4.78, 5) is 0. The molecule has 1 aromatic carbocycles. The zero-order valence-electron chi connectivity index (χ0n) is 14.2. The van der Waals surface area contributed by atoms with Crippen LogP contribution in [0.25, 0.3) is 0 Å². The first-order valence-corrected chi connectivity index (χ1v) is 9.02. The van der Waals surface area contributed by atoms with E-state index in [1.165, 1.54) is 43.2 Å². The molecule has 1 saturated carbocycles. The van der Waals surface area contributed by atoms with Crippen LogP contribution < -0.4 is 5.32 Å². The van der Waals surface area contributed by atoms with Crippen LogP contribution in [0.3, 0.4) is 0 Å². The van der Waals surface area contributed by atoms with Gasteiger partial charge in [0.25, 0.3) is 0 Å². The molecule has 3 aliphatic rings. The van der Waals surface area contributed by atoms with Crippen LogP contribution >= 0.6 is 0 Å². The van der Waals surface area contributed by atoms with E-state index in [1.807, 2.05) is 0 Å². The summed E-state index contributed by atoms with van der Waals surface area (Å²) < 4.78 is 0. The number of aromatic hydroxyl groups is 1. The highest BCUT2D eigenvalue weighted by molar-refractivity contribution is 5.51. The Morgan fingerprint density at radius 2 is 2.00 bits per heavy atom. The summed E-state index contributed by atoms with van der Waals surface area (Å²) in [5, 5.41) is 14.5. The fourth-order valence-corrected chi connectivity index (χ4v) is 5.57. The van der Waals surface area contributed by atoms with E-state index in [1.54, 1.807) is 0 Å². The molecule has 0 radical (unpaired) electrons. The maximum absolute atomic E-state index is 10.7. The highest BCUT2D eigenvalue weighted by Gasteiger charge is 2.51. The molecule has 0 spiro atoms. The second kappa shape index (κ2) is 4.74. The standard InChI is InChI=1S/C20H29NO/c1-19(2,3)16-10-13-11-17-14-6-4-5-7-20(14,8-9-21-17)15(13)12-18(16)22/h10,12,14,17,21-22H,4-9,11H2,1-3H3/t14-,17+,20+/m1/s1. The third-order valence-corrected chi connectivity index (χ3v) is 6.57. The minimum absolute atomic E-state index is 0.00271. The van der Waals surface area contributed by atoms with Crippen LogP contribution in [0.4, 0.5) is 0 Å². The molecule has 120 valence electrons. The Hall–Kier alpha value is -1.02. The molecule has 22 heavy (non-hydrogen) atoms. The molecule has 4 rings (SSSR count). The molecule has 2 fully saturated rings. The maximum Gasteiger partial charge on any atom is 0.119 e. The Bertz CT molecular complexity index is 596. The van der Waals surface area contributed by atoms with Gasteiger partial charge in [0.1, 0.15) is 5.75 Å². The van der Waals surface area contributed by atoms with E-state index in [0.717, 1.165) is 24.4 Å². The average Bonchev–Trinajstić information content (AvgIpc) is 2.46. The predicted octanol–water partition coefficient (Wildman–Crippen LogP) is 4.04. The average molecular weight is 299 g/mol. The minimum Gasteiger partial charge on any atom is -0.508 e. The van der Waals surface area contributed by atoms with Gasteiger partial charge >= 0.3 is 0 Å². The molecule has 0 aromatic heterocycles. The van der Waals surface area contributed by atoms with E-state index >= 15 is 0 Å². The van der Waals surface area contributed by atoms with Crippen molar-refractivity contribution in [2.75, 3.05) is 6.54 Å². The number of benzene rings is 1. The minimum atomic E-state index is 0.00271. The van der Waals surface area contributed by atoms with Gasteiger partial charge in [0.05, 0.1) is 0 Å². The monoisotopic (exact) mass is 299 g/mol. The molecule has 3 atom stereocenters. The third kappa shape index (κ3) is 1.96. The summed E-state index contributed by atoms with van der Waals surface area (Å²) in [5.41, 5.74) is 4.44. The zero-order valence-corrected chi connectivity index (χ0v) is 14.2. The van der Waals surface area contributed by atoms with Crippen LogP contribution in [-0.4, -0.2) is 17.7 Å². The molecule has 1 aliphatic heterocycles. The van der Waals surface area contributed by atoms with Crippen molar-refractivity contribution < 1.29 is 5.11 Å². The van der Waals surface area contributed by atoms with Crippen molar-refractivity contribution in [3.05, 3.63) is 28.8 Å². The Balaban J connectivity index is 1.89. The molecule has 2 nitrogen and oxygen atoms in total. The number of fused-ring (bicyclic) bond motifs is 1. The normalized spacial score (nSPS) is 34.0. The highest BCUT2D eigenvalue weighted by atomic mass is 16.3. The molecule has 0 unspecified atom stereocenters. The van der Waals surface area contributed by atoms with Crippen LogP contribution in [-0.2, 0) is 17.3 Å². The van der Waals surface area contributed by atoms with E-state index in [4.69, 9.17) is 0 Å². The number of hydrogen-bond acceptors (Lipinski definition) is 2. The van der Waals surface area contributed by atoms with Gasteiger partial charge in [0, 0.05) is 11.5 Å². The van der Waals surface area contributed by atoms with Gasteiger partial charge < -0.3 is 10.4 Å². The van der Waals surface area contributed by atoms with Gasteiger partial charge in [-0.2, -0.15) is 0 Å². The first-order chi connectivity index (χ1) is 10.4. The number of rotatable bonds is 0. The molecular formula is C20H29NO. The van der Waals surface area contributed by atoms with E-state index in [9.17, 15) is 5.11 Å². The maximum atomic E-state index is 10.7. The number of phenolic OH excluding ortho intramolecular Hbond substituents is 1. The Morgan fingerprint density at radius 1 is 1.18 bits per heavy atom. The zero-order chi connectivity index (χ0) is 15.5. The van der Waals surface area contributed by atoms with Crippen LogP contribution in [0.5, 0.6) is 5.75 Å². The smallest absolute Gasteiger partial charge is 0.119 e. The van der Waals surface area contributed by atoms with Crippen molar-refractivity contribution in [3.63, 3.8) is 0 Å². The van der Waals surface area contributed by atoms with E-state index in [-0.39, 0.29) is 5.41 Å². The highest BCUT2D eigenvalue weighted by Crippen LogP contribution is 2.55. The summed E-state index contributed by atoms with van der Waals surface area (Å²) >= 11 is 0. The lowest BCUT2D eigenvalue weighted by Gasteiger charge is -2.56. The van der Waals surface area contributed by atoms with Crippen molar-refractivity contribution in [1.82, 2.24) is 5.32 Å². The van der Waals surface area contributed by atoms with Gasteiger partial charge in [-0.25, -0.2) is 0 Å². The summed E-state index contributed by atoms with van der Waals surface area (Å²) in [6.07, 6.45) is 7.80. The molecule has 2 heteroatoms. The van der Waals surface area contributed by atoms with E-state index in [2.05, 4.69) is 38.2 Å². The first kappa shape index (κ1) is 14.6. The van der Waals surface area contributed by atoms with Crippen molar-refractivity contribution in [2.24, 2.45) is 5.92 Å². The van der Waals surface area contributed by atoms with Crippen molar-refractivity contribution in [2.45, 2.75) is 76.2 Å². The lowest BCUT2D eigenvalue weighted by molar-refractivity contribution is 0.0794. The molecule has 1 heterocycles. The van der Waals surface area contributed by atoms with Crippen molar-refractivity contribution >= 4 is 0 Å². The predicted molar refractivity (Wildman–Crippen MR) is 90.6 cm³/mol. The number of phenols is 1. The van der Waals surface area contributed by atoms with Crippen molar-refractivity contribution in [3.8, 4) is 5.75 Å². The van der Waals surface area contributed by atoms with Gasteiger partial charge in [-0.15, -0.1) is 0 Å². The second-order valence-electron chi connectivity index (χ2n) is 8.80. The van der Waals surface area contributed by atoms with Crippen molar-refractivity contribution in [1.29, 1.82) is 0 Å². The number of nitrogens with one attached hydrogen (secondary N) is 1. The van der Waals surface area contributed by atoms with Crippen LogP contribution in [0.1, 0.15) is 69.6 Å². The van der Waals surface area contributed by atoms with Crippen LogP contribution in [0.2, 0.25) is 0 Å². The Kier molecular flexibility index (Phi) is 3.14. The molecular weight excluding hydrogens is 270 g/mol. The summed E-state index contributed by atoms with van der Waals surface area (Å²) in [5.74, 6) is 1.30. The van der Waals surface area contributed by atoms with Gasteiger partial charge in [-0.3, -0.25) is 0 Å². The fraction of sp³-hybridized carbons (Fsp3) is 0.700. The van der Waals surface area contributed by atoms with Gasteiger partial charge in [0.15, 0.2) is 0 Å². The molecule has 1 saturated heterocycles. The Morgan fingerprint density at radius 3 is 2.77 bits per heavy atom. The Labute approximate surface area is 134 Å². The summed E-state index contributed by atoms with van der Waals surface area (Å²) in [6.45, 7) is 7.72. The third-order valence-electron chi connectivity index (χ3n) is 6.57. The molecule has 2 N–H and O–H groups in total. The number of piperidine rings is 1. The largest absolute Gasteiger partial charge is 0.508 e. The van der Waals surface area contributed by atoms with Crippen LogP contribution in [0, 0.1) is 5.92 Å². The quantitative estimate of drug-likeness (QED) is 0.758.